The van der Waals surface area contributed by atoms with Crippen LogP contribution in [0.4, 0.5) is 15.8 Å². The van der Waals surface area contributed by atoms with Gasteiger partial charge in [-0.15, -0.1) is 0 Å². The summed E-state index contributed by atoms with van der Waals surface area (Å²) >= 11 is 4.85. The maximum absolute atomic E-state index is 13.7. The average molecular weight is 261 g/mol. The first-order valence-corrected chi connectivity index (χ1v) is 5.77. The molecule has 0 saturated heterocycles. The number of halogens is 1. The molecule has 2 rings (SSSR count). The lowest BCUT2D eigenvalue weighted by Gasteiger charge is -2.11. The van der Waals surface area contributed by atoms with Gasteiger partial charge < -0.3 is 11.1 Å². The predicted octanol–water partition coefficient (Wildman–Crippen LogP) is 2.91. The van der Waals surface area contributed by atoms with Gasteiger partial charge in [0.25, 0.3) is 0 Å². The van der Waals surface area contributed by atoms with Crippen LogP contribution in [0.2, 0.25) is 0 Å². The molecular weight excluding hydrogens is 249 g/mol. The third-order valence-corrected chi connectivity index (χ3v) is 2.71. The van der Waals surface area contributed by atoms with E-state index >= 15 is 0 Å². The van der Waals surface area contributed by atoms with Crippen LogP contribution in [0, 0.1) is 12.7 Å². The lowest BCUT2D eigenvalue weighted by atomic mass is 10.2. The molecule has 0 unspecified atom stereocenters. The summed E-state index contributed by atoms with van der Waals surface area (Å²) in [5.74, 6) is -0.302. The van der Waals surface area contributed by atoms with Crippen LogP contribution in [0.1, 0.15) is 11.3 Å². The lowest BCUT2D eigenvalue weighted by molar-refractivity contribution is 0.631. The van der Waals surface area contributed by atoms with Crippen LogP contribution in [-0.4, -0.2) is 9.97 Å². The fraction of sp³-hybridized carbons (Fsp3) is 0.0769. The van der Waals surface area contributed by atoms with E-state index in [1.54, 1.807) is 24.4 Å². The number of benzene rings is 1. The summed E-state index contributed by atoms with van der Waals surface area (Å²) in [7, 11) is 0. The van der Waals surface area contributed by atoms with Gasteiger partial charge in [-0.3, -0.25) is 4.98 Å². The molecule has 0 aliphatic heterocycles. The van der Waals surface area contributed by atoms with E-state index in [9.17, 15) is 4.39 Å². The molecule has 3 nitrogen and oxygen atoms in total. The number of aromatic nitrogens is 1. The topological polar surface area (TPSA) is 50.9 Å². The van der Waals surface area contributed by atoms with Gasteiger partial charge in [0.2, 0.25) is 0 Å². The zero-order valence-corrected chi connectivity index (χ0v) is 10.6. The van der Waals surface area contributed by atoms with Crippen molar-refractivity contribution in [1.82, 2.24) is 4.98 Å². The van der Waals surface area contributed by atoms with Crippen molar-refractivity contribution < 1.29 is 4.39 Å². The van der Waals surface area contributed by atoms with Crippen LogP contribution in [0.25, 0.3) is 0 Å². The Morgan fingerprint density at radius 3 is 2.83 bits per heavy atom. The highest BCUT2D eigenvalue weighted by Gasteiger charge is 2.06. The van der Waals surface area contributed by atoms with E-state index in [4.69, 9.17) is 18.0 Å². The highest BCUT2D eigenvalue weighted by atomic mass is 32.1. The Labute approximate surface area is 110 Å². The highest BCUT2D eigenvalue weighted by Crippen LogP contribution is 2.23. The zero-order chi connectivity index (χ0) is 13.1. The largest absolute Gasteiger partial charge is 0.388 e. The van der Waals surface area contributed by atoms with Crippen LogP contribution in [-0.2, 0) is 0 Å². The van der Waals surface area contributed by atoms with Crippen LogP contribution in [0.3, 0.4) is 0 Å². The molecule has 1 aromatic heterocycles. The molecule has 0 fully saturated rings. The molecule has 0 radical (unpaired) electrons. The number of anilines is 2. The number of thiocarbonyl (C=S) groups is 1. The number of para-hydroxylation sites is 1. The molecule has 0 atom stereocenters. The van der Waals surface area contributed by atoms with Crippen molar-refractivity contribution >= 4 is 28.6 Å². The fourth-order valence-electron chi connectivity index (χ4n) is 1.58. The Balaban J connectivity index is 2.34. The van der Waals surface area contributed by atoms with Gasteiger partial charge in [0.1, 0.15) is 10.8 Å². The Bertz CT molecular complexity index is 578. The van der Waals surface area contributed by atoms with E-state index in [-0.39, 0.29) is 10.8 Å². The number of aryl methyl sites for hydroxylation is 1. The second-order valence-electron chi connectivity index (χ2n) is 3.85. The van der Waals surface area contributed by atoms with Gasteiger partial charge in [-0.1, -0.05) is 24.4 Å². The first-order chi connectivity index (χ1) is 8.58. The van der Waals surface area contributed by atoms with Gasteiger partial charge in [-0.05, 0) is 30.7 Å². The molecule has 0 saturated carbocycles. The molecule has 0 aliphatic rings. The SMILES string of the molecule is Cc1cccc(F)c1Nc1ccnc(C(N)=S)c1. The quantitative estimate of drug-likeness (QED) is 0.834. The van der Waals surface area contributed by atoms with Crippen LogP contribution in [0.5, 0.6) is 0 Å². The summed E-state index contributed by atoms with van der Waals surface area (Å²) in [6.45, 7) is 1.83. The van der Waals surface area contributed by atoms with E-state index in [1.165, 1.54) is 6.07 Å². The van der Waals surface area contributed by atoms with Gasteiger partial charge >= 0.3 is 0 Å². The Kier molecular flexibility index (Phi) is 3.53. The van der Waals surface area contributed by atoms with E-state index < -0.39 is 0 Å². The summed E-state index contributed by atoms with van der Waals surface area (Å²) in [5.41, 5.74) is 7.97. The molecule has 5 heteroatoms. The van der Waals surface area contributed by atoms with Crippen molar-refractivity contribution in [2.24, 2.45) is 5.73 Å². The third-order valence-electron chi connectivity index (χ3n) is 2.50. The van der Waals surface area contributed by atoms with Crippen LogP contribution >= 0.6 is 12.2 Å². The van der Waals surface area contributed by atoms with Crippen molar-refractivity contribution in [2.45, 2.75) is 6.92 Å². The van der Waals surface area contributed by atoms with Gasteiger partial charge in [0, 0.05) is 11.9 Å². The van der Waals surface area contributed by atoms with Gasteiger partial charge in [0.15, 0.2) is 0 Å². The highest BCUT2D eigenvalue weighted by molar-refractivity contribution is 7.80. The molecule has 18 heavy (non-hydrogen) atoms. The monoisotopic (exact) mass is 261 g/mol. The number of rotatable bonds is 3. The third kappa shape index (κ3) is 2.62. The smallest absolute Gasteiger partial charge is 0.146 e. The molecule has 0 amide bonds. The molecule has 92 valence electrons. The molecular formula is C13H12FN3S. The minimum absolute atomic E-state index is 0.212. The summed E-state index contributed by atoms with van der Waals surface area (Å²) in [6.07, 6.45) is 1.58. The maximum Gasteiger partial charge on any atom is 0.146 e. The summed E-state index contributed by atoms with van der Waals surface area (Å²) in [5, 5.41) is 3.01. The molecule has 0 bridgehead atoms. The lowest BCUT2D eigenvalue weighted by Crippen LogP contribution is -2.11. The molecule has 0 aliphatic carbocycles. The normalized spacial score (nSPS) is 10.1. The summed E-state index contributed by atoms with van der Waals surface area (Å²) < 4.78 is 13.7. The second-order valence-corrected chi connectivity index (χ2v) is 4.29. The minimum Gasteiger partial charge on any atom is -0.388 e. The predicted molar refractivity (Wildman–Crippen MR) is 74.5 cm³/mol. The molecule has 3 N–H and O–H groups in total. The molecule has 1 aromatic carbocycles. The summed E-state index contributed by atoms with van der Waals surface area (Å²) in [6, 6.07) is 8.33. The number of hydrogen-bond acceptors (Lipinski definition) is 3. The molecule has 2 aromatic rings. The summed E-state index contributed by atoms with van der Waals surface area (Å²) in [4.78, 5) is 4.24. The minimum atomic E-state index is -0.302. The number of nitrogens with one attached hydrogen (secondary N) is 1. The van der Waals surface area contributed by atoms with Crippen molar-refractivity contribution in [3.05, 3.63) is 53.6 Å². The number of hydrogen-bond donors (Lipinski definition) is 2. The molecule has 1 heterocycles. The standard InChI is InChI=1S/C13H12FN3S/c1-8-3-2-4-10(14)12(8)17-9-5-6-16-11(7-9)13(15)18/h2-7H,1H3,(H2,15,18)(H,16,17). The first kappa shape index (κ1) is 12.4. The van der Waals surface area contributed by atoms with E-state index in [0.717, 1.165) is 5.56 Å². The van der Waals surface area contributed by atoms with E-state index in [0.29, 0.717) is 17.1 Å². The first-order valence-electron chi connectivity index (χ1n) is 5.36. The van der Waals surface area contributed by atoms with Gasteiger partial charge in [-0.2, -0.15) is 0 Å². The Morgan fingerprint density at radius 2 is 2.17 bits per heavy atom. The zero-order valence-electron chi connectivity index (χ0n) is 9.77. The van der Waals surface area contributed by atoms with Gasteiger partial charge in [-0.25, -0.2) is 4.39 Å². The Morgan fingerprint density at radius 1 is 1.39 bits per heavy atom. The molecule has 0 spiro atoms. The van der Waals surface area contributed by atoms with Crippen molar-refractivity contribution in [3.63, 3.8) is 0 Å². The number of nitrogens with two attached hydrogens (primary N) is 1. The maximum atomic E-state index is 13.7. The van der Waals surface area contributed by atoms with Gasteiger partial charge in [0.05, 0.1) is 11.4 Å². The van der Waals surface area contributed by atoms with E-state index in [1.807, 2.05) is 13.0 Å². The van der Waals surface area contributed by atoms with Crippen molar-refractivity contribution in [2.75, 3.05) is 5.32 Å². The van der Waals surface area contributed by atoms with E-state index in [2.05, 4.69) is 10.3 Å². The van der Waals surface area contributed by atoms with Crippen LogP contribution in [0.15, 0.2) is 36.5 Å². The number of pyridine rings is 1. The van der Waals surface area contributed by atoms with Crippen molar-refractivity contribution in [3.8, 4) is 0 Å². The average Bonchev–Trinajstić information content (AvgIpc) is 2.34. The number of nitrogens with zero attached hydrogens (tertiary/aromatic N) is 1. The fourth-order valence-corrected chi connectivity index (χ4v) is 1.69. The van der Waals surface area contributed by atoms with Crippen LogP contribution < -0.4 is 11.1 Å². The second kappa shape index (κ2) is 5.10. The Hall–Kier alpha value is -2.01. The van der Waals surface area contributed by atoms with Crippen molar-refractivity contribution in [1.29, 1.82) is 0 Å².